The summed E-state index contributed by atoms with van der Waals surface area (Å²) in [6, 6.07) is 18.0. The maximum atomic E-state index is 4.62. The Bertz CT molecular complexity index is 910. The molecule has 0 amide bonds. The fourth-order valence-electron chi connectivity index (χ4n) is 3.90. The highest BCUT2D eigenvalue weighted by Crippen LogP contribution is 2.27. The third-order valence-electron chi connectivity index (χ3n) is 5.85. The Hall–Kier alpha value is -2.55. The predicted molar refractivity (Wildman–Crippen MR) is 111 cm³/mol. The number of aromatic nitrogens is 1. The van der Waals surface area contributed by atoms with Gasteiger partial charge in [-0.05, 0) is 62.1 Å². The van der Waals surface area contributed by atoms with E-state index in [2.05, 4.69) is 78.1 Å². The van der Waals surface area contributed by atoms with Crippen molar-refractivity contribution in [3.63, 3.8) is 0 Å². The third-order valence-corrected chi connectivity index (χ3v) is 5.85. The van der Waals surface area contributed by atoms with Crippen LogP contribution in [0.1, 0.15) is 24.0 Å². The van der Waals surface area contributed by atoms with E-state index in [9.17, 15) is 0 Å². The molecule has 0 atom stereocenters. The summed E-state index contributed by atoms with van der Waals surface area (Å²) in [7, 11) is 2.24. The molecule has 4 rings (SSSR count). The number of rotatable bonds is 3. The van der Waals surface area contributed by atoms with Gasteiger partial charge in [-0.15, -0.1) is 0 Å². The molecule has 0 bridgehead atoms. The second kappa shape index (κ2) is 6.99. The summed E-state index contributed by atoms with van der Waals surface area (Å²) in [6.07, 6.45) is 4.38. The average molecular weight is 345 g/mol. The van der Waals surface area contributed by atoms with Crippen molar-refractivity contribution in [3.8, 4) is 0 Å². The summed E-state index contributed by atoms with van der Waals surface area (Å²) >= 11 is 0. The van der Waals surface area contributed by atoms with Gasteiger partial charge in [0.05, 0.1) is 17.4 Å². The number of piperidine rings is 1. The molecule has 0 spiro atoms. The molecule has 1 aromatic heterocycles. The van der Waals surface area contributed by atoms with E-state index in [0.29, 0.717) is 6.04 Å². The highest BCUT2D eigenvalue weighted by Gasteiger charge is 2.23. The second-order valence-corrected chi connectivity index (χ2v) is 7.48. The van der Waals surface area contributed by atoms with Crippen molar-refractivity contribution in [2.24, 2.45) is 0 Å². The van der Waals surface area contributed by atoms with Crippen LogP contribution in [0.25, 0.3) is 10.9 Å². The highest BCUT2D eigenvalue weighted by atomic mass is 15.2. The number of para-hydroxylation sites is 1. The van der Waals surface area contributed by atoms with Gasteiger partial charge in [0.1, 0.15) is 0 Å². The molecular weight excluding hydrogens is 318 g/mol. The minimum Gasteiger partial charge on any atom is -0.371 e. The summed E-state index contributed by atoms with van der Waals surface area (Å²) in [5, 5.41) is 1.22. The summed E-state index contributed by atoms with van der Waals surface area (Å²) in [4.78, 5) is 9.56. The van der Waals surface area contributed by atoms with E-state index >= 15 is 0 Å². The average Bonchev–Trinajstić information content (AvgIpc) is 2.69. The van der Waals surface area contributed by atoms with Gasteiger partial charge < -0.3 is 9.80 Å². The van der Waals surface area contributed by atoms with Gasteiger partial charge in [0.2, 0.25) is 0 Å². The van der Waals surface area contributed by atoms with E-state index in [1.807, 2.05) is 12.3 Å². The predicted octanol–water partition coefficient (Wildman–Crippen LogP) is 4.96. The smallest absolute Gasteiger partial charge is 0.0703 e. The second-order valence-electron chi connectivity index (χ2n) is 7.48. The molecule has 1 saturated heterocycles. The van der Waals surface area contributed by atoms with Crippen LogP contribution in [0.15, 0.2) is 54.7 Å². The van der Waals surface area contributed by atoms with Gasteiger partial charge in [0, 0.05) is 37.3 Å². The number of aryl methyl sites for hydroxylation is 2. The van der Waals surface area contributed by atoms with Crippen LogP contribution in [0, 0.1) is 13.8 Å². The van der Waals surface area contributed by atoms with Crippen molar-refractivity contribution >= 4 is 22.3 Å². The van der Waals surface area contributed by atoms with Crippen LogP contribution in [0.3, 0.4) is 0 Å². The molecule has 2 heterocycles. The van der Waals surface area contributed by atoms with Crippen LogP contribution >= 0.6 is 0 Å². The SMILES string of the molecule is Cc1ccc(N(C)C2CCN(c3cnc4ccccc4c3)CC2)cc1C. The number of anilines is 2. The Morgan fingerprint density at radius 1 is 0.962 bits per heavy atom. The van der Waals surface area contributed by atoms with Gasteiger partial charge >= 0.3 is 0 Å². The first kappa shape index (κ1) is 16.9. The minimum absolute atomic E-state index is 0.599. The van der Waals surface area contributed by atoms with Gasteiger partial charge in [-0.2, -0.15) is 0 Å². The van der Waals surface area contributed by atoms with Crippen molar-refractivity contribution in [1.82, 2.24) is 4.98 Å². The monoisotopic (exact) mass is 345 g/mol. The lowest BCUT2D eigenvalue weighted by molar-refractivity contribution is 0.482. The Morgan fingerprint density at radius 2 is 1.73 bits per heavy atom. The Labute approximate surface area is 156 Å². The summed E-state index contributed by atoms with van der Waals surface area (Å²) in [6.45, 7) is 6.54. The lowest BCUT2D eigenvalue weighted by atomic mass is 10.0. The number of fused-ring (bicyclic) bond motifs is 1. The first-order valence-electron chi connectivity index (χ1n) is 9.51. The van der Waals surface area contributed by atoms with Gasteiger partial charge in [0.25, 0.3) is 0 Å². The largest absolute Gasteiger partial charge is 0.371 e. The molecule has 3 aromatic rings. The van der Waals surface area contributed by atoms with E-state index < -0.39 is 0 Å². The van der Waals surface area contributed by atoms with Crippen molar-refractivity contribution in [2.45, 2.75) is 32.7 Å². The molecule has 0 radical (unpaired) electrons. The molecule has 3 nitrogen and oxygen atoms in total. The molecule has 1 aliphatic rings. The zero-order chi connectivity index (χ0) is 18.1. The maximum absolute atomic E-state index is 4.62. The van der Waals surface area contributed by atoms with Crippen LogP contribution in [0.2, 0.25) is 0 Å². The van der Waals surface area contributed by atoms with Crippen LogP contribution in [0.5, 0.6) is 0 Å². The standard InChI is InChI=1S/C23H27N3/c1-17-8-9-21(14-18(17)2)25(3)20-10-12-26(13-11-20)22-15-19-6-4-5-7-23(19)24-16-22/h4-9,14-16,20H,10-13H2,1-3H3. The van der Waals surface area contributed by atoms with Gasteiger partial charge in [-0.1, -0.05) is 24.3 Å². The van der Waals surface area contributed by atoms with Gasteiger partial charge in [-0.3, -0.25) is 4.98 Å². The molecular formula is C23H27N3. The Balaban J connectivity index is 1.45. The van der Waals surface area contributed by atoms with Crippen molar-refractivity contribution in [2.75, 3.05) is 29.9 Å². The summed E-state index contributed by atoms with van der Waals surface area (Å²) in [5.74, 6) is 0. The Kier molecular flexibility index (Phi) is 4.54. The molecule has 1 fully saturated rings. The molecule has 1 aliphatic heterocycles. The molecule has 0 saturated carbocycles. The van der Waals surface area contributed by atoms with Crippen LogP contribution in [0.4, 0.5) is 11.4 Å². The summed E-state index contributed by atoms with van der Waals surface area (Å²) in [5.41, 5.74) is 6.38. The molecule has 3 heteroatoms. The van der Waals surface area contributed by atoms with E-state index in [-0.39, 0.29) is 0 Å². The third kappa shape index (κ3) is 3.26. The lowest BCUT2D eigenvalue weighted by Gasteiger charge is -2.39. The number of benzene rings is 2. The first-order valence-corrected chi connectivity index (χ1v) is 9.51. The van der Waals surface area contributed by atoms with Crippen LogP contribution in [-0.2, 0) is 0 Å². The molecule has 2 aromatic carbocycles. The van der Waals surface area contributed by atoms with E-state index in [1.54, 1.807) is 0 Å². The highest BCUT2D eigenvalue weighted by molar-refractivity contribution is 5.81. The number of nitrogens with zero attached hydrogens (tertiary/aromatic N) is 3. The van der Waals surface area contributed by atoms with E-state index in [1.165, 1.54) is 40.7 Å². The van der Waals surface area contributed by atoms with Crippen LogP contribution in [-0.4, -0.2) is 31.2 Å². The van der Waals surface area contributed by atoms with Crippen molar-refractivity contribution in [1.29, 1.82) is 0 Å². The maximum Gasteiger partial charge on any atom is 0.0703 e. The zero-order valence-electron chi connectivity index (χ0n) is 15.9. The van der Waals surface area contributed by atoms with Crippen molar-refractivity contribution < 1.29 is 0 Å². The molecule has 0 aliphatic carbocycles. The minimum atomic E-state index is 0.599. The van der Waals surface area contributed by atoms with Gasteiger partial charge in [0.15, 0.2) is 0 Å². The molecule has 0 N–H and O–H groups in total. The molecule has 134 valence electrons. The fourth-order valence-corrected chi connectivity index (χ4v) is 3.90. The quantitative estimate of drug-likeness (QED) is 0.669. The zero-order valence-corrected chi connectivity index (χ0v) is 15.9. The normalized spacial score (nSPS) is 15.4. The van der Waals surface area contributed by atoms with Crippen molar-refractivity contribution in [3.05, 3.63) is 65.9 Å². The molecule has 26 heavy (non-hydrogen) atoms. The van der Waals surface area contributed by atoms with E-state index in [4.69, 9.17) is 0 Å². The topological polar surface area (TPSA) is 19.4 Å². The van der Waals surface area contributed by atoms with Gasteiger partial charge in [-0.25, -0.2) is 0 Å². The number of hydrogen-bond acceptors (Lipinski definition) is 3. The molecule has 0 unspecified atom stereocenters. The number of pyridine rings is 1. The fraction of sp³-hybridized carbons (Fsp3) is 0.348. The van der Waals surface area contributed by atoms with Crippen LogP contribution < -0.4 is 9.80 Å². The van der Waals surface area contributed by atoms with E-state index in [0.717, 1.165) is 18.6 Å². The Morgan fingerprint density at radius 3 is 2.50 bits per heavy atom. The summed E-state index contributed by atoms with van der Waals surface area (Å²) < 4.78 is 0. The lowest BCUT2D eigenvalue weighted by Crippen LogP contribution is -2.43. The number of hydrogen-bond donors (Lipinski definition) is 0. The first-order chi connectivity index (χ1) is 12.6.